The van der Waals surface area contributed by atoms with Crippen LogP contribution < -0.4 is 5.32 Å². The van der Waals surface area contributed by atoms with Crippen molar-refractivity contribution < 1.29 is 19.2 Å². The Balaban J connectivity index is 2.20. The molecule has 2 rings (SSSR count). The van der Waals surface area contributed by atoms with E-state index >= 15 is 0 Å². The molecule has 1 aromatic carbocycles. The lowest BCUT2D eigenvalue weighted by Crippen LogP contribution is -2.31. The molecule has 2 unspecified atom stereocenters. The molecule has 114 valence electrons. The molecule has 1 saturated carbocycles. The molecule has 21 heavy (non-hydrogen) atoms. The molecular formula is C13H14BrFN2O4. The number of carbonyl (C=O) groups is 1. The summed E-state index contributed by atoms with van der Waals surface area (Å²) >= 11 is 3.00. The highest BCUT2D eigenvalue weighted by molar-refractivity contribution is 9.10. The fourth-order valence-corrected chi connectivity index (χ4v) is 2.91. The SMILES string of the molecule is O=C(O)C1CCCC(Nc2cc(Br)c(F)cc2[N+](=O)[O-])C1. The summed E-state index contributed by atoms with van der Waals surface area (Å²) in [7, 11) is 0. The summed E-state index contributed by atoms with van der Waals surface area (Å²) in [6.45, 7) is 0. The number of carboxylic acid groups (broad SMARTS) is 1. The van der Waals surface area contributed by atoms with E-state index in [9.17, 15) is 19.3 Å². The van der Waals surface area contributed by atoms with E-state index in [4.69, 9.17) is 5.11 Å². The molecule has 0 radical (unpaired) electrons. The van der Waals surface area contributed by atoms with Gasteiger partial charge in [-0.1, -0.05) is 6.42 Å². The molecule has 6 nitrogen and oxygen atoms in total. The van der Waals surface area contributed by atoms with Gasteiger partial charge in [-0.25, -0.2) is 4.39 Å². The van der Waals surface area contributed by atoms with Crippen molar-refractivity contribution in [2.45, 2.75) is 31.7 Å². The number of nitrogens with zero attached hydrogens (tertiary/aromatic N) is 1. The number of halogens is 2. The fraction of sp³-hybridized carbons (Fsp3) is 0.462. The third-order valence-corrected chi connectivity index (χ3v) is 4.23. The molecule has 1 aliphatic rings. The summed E-state index contributed by atoms with van der Waals surface area (Å²) in [5.74, 6) is -2.00. The number of hydrogen-bond donors (Lipinski definition) is 2. The zero-order valence-electron chi connectivity index (χ0n) is 11.0. The standard InChI is InChI=1S/C13H14BrFN2O4/c14-9-5-11(12(17(20)21)6-10(9)15)16-8-3-1-2-7(4-8)13(18)19/h5-8,16H,1-4H2,(H,18,19). The van der Waals surface area contributed by atoms with Crippen LogP contribution in [-0.4, -0.2) is 22.0 Å². The van der Waals surface area contributed by atoms with Gasteiger partial charge < -0.3 is 10.4 Å². The number of nitrogens with one attached hydrogen (secondary N) is 1. The van der Waals surface area contributed by atoms with Crippen molar-refractivity contribution in [1.82, 2.24) is 0 Å². The highest BCUT2D eigenvalue weighted by Crippen LogP contribution is 2.34. The minimum absolute atomic E-state index is 0.126. The number of anilines is 1. The Kier molecular flexibility index (Phi) is 4.76. The molecule has 2 atom stereocenters. The maximum atomic E-state index is 13.4. The van der Waals surface area contributed by atoms with Crippen LogP contribution in [0.4, 0.5) is 15.8 Å². The molecule has 2 N–H and O–H groups in total. The van der Waals surface area contributed by atoms with Gasteiger partial charge in [-0.05, 0) is 41.3 Å². The van der Waals surface area contributed by atoms with Gasteiger partial charge in [0, 0.05) is 6.04 Å². The lowest BCUT2D eigenvalue weighted by atomic mass is 9.85. The number of hydrogen-bond acceptors (Lipinski definition) is 4. The van der Waals surface area contributed by atoms with E-state index in [1.165, 1.54) is 6.07 Å². The summed E-state index contributed by atoms with van der Waals surface area (Å²) in [5, 5.41) is 23.0. The van der Waals surface area contributed by atoms with Crippen LogP contribution in [0.2, 0.25) is 0 Å². The fourth-order valence-electron chi connectivity index (χ4n) is 2.57. The Labute approximate surface area is 128 Å². The minimum atomic E-state index is -0.851. The van der Waals surface area contributed by atoms with Crippen LogP contribution in [0.15, 0.2) is 16.6 Å². The topological polar surface area (TPSA) is 92.5 Å². The van der Waals surface area contributed by atoms with Crippen LogP contribution in [0.25, 0.3) is 0 Å². The number of aliphatic carboxylic acids is 1. The maximum Gasteiger partial charge on any atom is 0.306 e. The molecule has 0 spiro atoms. The van der Waals surface area contributed by atoms with Gasteiger partial charge in [0.15, 0.2) is 0 Å². The van der Waals surface area contributed by atoms with Crippen molar-refractivity contribution in [1.29, 1.82) is 0 Å². The van der Waals surface area contributed by atoms with Crippen LogP contribution in [0.5, 0.6) is 0 Å². The zero-order valence-corrected chi connectivity index (χ0v) is 12.6. The Morgan fingerprint density at radius 1 is 1.48 bits per heavy atom. The largest absolute Gasteiger partial charge is 0.481 e. The first-order valence-electron chi connectivity index (χ1n) is 6.51. The number of nitro benzene ring substituents is 1. The second kappa shape index (κ2) is 6.38. The lowest BCUT2D eigenvalue weighted by Gasteiger charge is -2.28. The Bertz CT molecular complexity index is 582. The molecule has 1 fully saturated rings. The van der Waals surface area contributed by atoms with E-state index in [2.05, 4.69) is 21.2 Å². The first-order valence-corrected chi connectivity index (χ1v) is 7.30. The summed E-state index contributed by atoms with van der Waals surface area (Å²) < 4.78 is 13.5. The predicted octanol–water partition coefficient (Wildman–Crippen LogP) is 3.55. The Morgan fingerprint density at radius 3 is 2.81 bits per heavy atom. The summed E-state index contributed by atoms with van der Waals surface area (Å²) in [4.78, 5) is 21.4. The molecule has 0 aromatic heterocycles. The summed E-state index contributed by atoms with van der Waals surface area (Å²) in [5.41, 5.74) is -0.155. The van der Waals surface area contributed by atoms with Gasteiger partial charge in [-0.15, -0.1) is 0 Å². The highest BCUT2D eigenvalue weighted by atomic mass is 79.9. The third-order valence-electron chi connectivity index (χ3n) is 3.62. The molecule has 0 bridgehead atoms. The van der Waals surface area contributed by atoms with E-state index in [0.29, 0.717) is 12.8 Å². The van der Waals surface area contributed by atoms with Gasteiger partial charge in [-0.3, -0.25) is 14.9 Å². The molecule has 0 saturated heterocycles. The number of carboxylic acids is 1. The first kappa shape index (κ1) is 15.7. The van der Waals surface area contributed by atoms with Gasteiger partial charge in [0.05, 0.1) is 21.4 Å². The molecular weight excluding hydrogens is 347 g/mol. The van der Waals surface area contributed by atoms with Crippen LogP contribution in [0.1, 0.15) is 25.7 Å². The first-order chi connectivity index (χ1) is 9.88. The lowest BCUT2D eigenvalue weighted by molar-refractivity contribution is -0.384. The van der Waals surface area contributed by atoms with E-state index in [0.717, 1.165) is 18.9 Å². The van der Waals surface area contributed by atoms with Gasteiger partial charge in [0.25, 0.3) is 5.69 Å². The number of rotatable bonds is 4. The van der Waals surface area contributed by atoms with E-state index in [1.54, 1.807) is 0 Å². The average molecular weight is 361 g/mol. The smallest absolute Gasteiger partial charge is 0.306 e. The van der Waals surface area contributed by atoms with Crippen LogP contribution in [0.3, 0.4) is 0 Å². The normalized spacial score (nSPS) is 21.8. The van der Waals surface area contributed by atoms with Gasteiger partial charge in [0.2, 0.25) is 0 Å². The van der Waals surface area contributed by atoms with Crippen molar-refractivity contribution >= 4 is 33.3 Å². The van der Waals surface area contributed by atoms with E-state index < -0.39 is 22.6 Å². The quantitative estimate of drug-likeness (QED) is 0.632. The number of benzene rings is 1. The Hall–Kier alpha value is -1.70. The van der Waals surface area contributed by atoms with Gasteiger partial charge >= 0.3 is 5.97 Å². The molecule has 1 aliphatic carbocycles. The van der Waals surface area contributed by atoms with Crippen molar-refractivity contribution in [3.63, 3.8) is 0 Å². The molecule has 0 aliphatic heterocycles. The van der Waals surface area contributed by atoms with Crippen LogP contribution in [0, 0.1) is 21.8 Å². The average Bonchev–Trinajstić information content (AvgIpc) is 2.42. The summed E-state index contributed by atoms with van der Waals surface area (Å²) in [6, 6.07) is 2.00. The molecule has 0 amide bonds. The molecule has 8 heteroatoms. The van der Waals surface area contributed by atoms with Crippen molar-refractivity contribution in [2.75, 3.05) is 5.32 Å². The predicted molar refractivity (Wildman–Crippen MR) is 77.8 cm³/mol. The van der Waals surface area contributed by atoms with Crippen LogP contribution >= 0.6 is 15.9 Å². The van der Waals surface area contributed by atoms with E-state index in [1.807, 2.05) is 0 Å². The zero-order chi connectivity index (χ0) is 15.6. The van der Waals surface area contributed by atoms with Crippen molar-refractivity contribution in [2.24, 2.45) is 5.92 Å². The third kappa shape index (κ3) is 3.69. The molecule has 0 heterocycles. The minimum Gasteiger partial charge on any atom is -0.481 e. The highest BCUT2D eigenvalue weighted by Gasteiger charge is 2.28. The van der Waals surface area contributed by atoms with Crippen LogP contribution in [-0.2, 0) is 4.79 Å². The van der Waals surface area contributed by atoms with Crippen molar-refractivity contribution in [3.05, 3.63) is 32.5 Å². The maximum absolute atomic E-state index is 13.4. The summed E-state index contributed by atoms with van der Waals surface area (Å²) in [6.07, 6.45) is 2.49. The van der Waals surface area contributed by atoms with Gasteiger partial charge in [0.1, 0.15) is 11.5 Å². The van der Waals surface area contributed by atoms with E-state index in [-0.39, 0.29) is 21.9 Å². The molecule has 1 aromatic rings. The number of nitro groups is 1. The van der Waals surface area contributed by atoms with Crippen molar-refractivity contribution in [3.8, 4) is 0 Å². The monoisotopic (exact) mass is 360 g/mol. The second-order valence-electron chi connectivity index (χ2n) is 5.08. The second-order valence-corrected chi connectivity index (χ2v) is 5.94. The van der Waals surface area contributed by atoms with Gasteiger partial charge in [-0.2, -0.15) is 0 Å². The Morgan fingerprint density at radius 2 is 2.19 bits per heavy atom.